The van der Waals surface area contributed by atoms with E-state index in [1.54, 1.807) is 0 Å². The molecule has 0 saturated heterocycles. The third kappa shape index (κ3) is 5.33. The molecule has 1 rings (SSSR count). The Kier molecular flexibility index (Phi) is 6.78. The van der Waals surface area contributed by atoms with Crippen LogP contribution in [0.1, 0.15) is 37.0 Å². The molecule has 0 heterocycles. The van der Waals surface area contributed by atoms with Crippen molar-refractivity contribution >= 4 is 29.2 Å². The van der Waals surface area contributed by atoms with Crippen molar-refractivity contribution in [3.05, 3.63) is 38.9 Å². The van der Waals surface area contributed by atoms with E-state index in [2.05, 4.69) is 5.32 Å². The predicted octanol–water partition coefficient (Wildman–Crippen LogP) is 2.71. The van der Waals surface area contributed by atoms with Gasteiger partial charge in [-0.05, 0) is 25.5 Å². The summed E-state index contributed by atoms with van der Waals surface area (Å²) in [5, 5.41) is 13.7. The second kappa shape index (κ2) is 8.33. The molecule has 0 spiro atoms. The van der Waals surface area contributed by atoms with Gasteiger partial charge < -0.3 is 10.1 Å². The molecule has 1 aromatic carbocycles. The highest BCUT2D eigenvalue weighted by Gasteiger charge is 2.22. The summed E-state index contributed by atoms with van der Waals surface area (Å²) in [5.74, 6) is -1.42. The number of carbonyl (C=O) groups is 2. The van der Waals surface area contributed by atoms with Gasteiger partial charge in [-0.25, -0.2) is 4.79 Å². The lowest BCUT2D eigenvalue weighted by Crippen LogP contribution is -2.35. The lowest BCUT2D eigenvalue weighted by Gasteiger charge is -2.12. The van der Waals surface area contributed by atoms with Crippen molar-refractivity contribution in [3.8, 4) is 0 Å². The van der Waals surface area contributed by atoms with Crippen molar-refractivity contribution in [2.24, 2.45) is 0 Å². The molecule has 22 heavy (non-hydrogen) atoms. The highest BCUT2D eigenvalue weighted by molar-refractivity contribution is 6.31. The first-order valence-corrected chi connectivity index (χ1v) is 7.13. The quantitative estimate of drug-likeness (QED) is 0.471. The number of esters is 1. The molecular weight excluding hydrogens is 312 g/mol. The standard InChI is InChI=1S/C14H17ClN2O5/c1-3-4-9(2)16-13(18)8-22-14(19)11-7-10(15)5-6-12(11)17(20)21/h5-7,9H,3-4,8H2,1-2H3,(H,16,18). The van der Waals surface area contributed by atoms with E-state index in [4.69, 9.17) is 16.3 Å². The normalized spacial score (nSPS) is 11.6. The number of carbonyl (C=O) groups excluding carboxylic acids is 2. The maximum Gasteiger partial charge on any atom is 0.345 e. The highest BCUT2D eigenvalue weighted by atomic mass is 35.5. The molecule has 0 saturated carbocycles. The van der Waals surface area contributed by atoms with Gasteiger partial charge in [0.05, 0.1) is 4.92 Å². The first-order chi connectivity index (χ1) is 10.3. The maximum atomic E-state index is 11.9. The molecule has 0 bridgehead atoms. The van der Waals surface area contributed by atoms with Crippen molar-refractivity contribution < 1.29 is 19.2 Å². The van der Waals surface area contributed by atoms with E-state index in [-0.39, 0.29) is 16.6 Å². The van der Waals surface area contributed by atoms with Gasteiger partial charge in [-0.2, -0.15) is 0 Å². The molecule has 120 valence electrons. The van der Waals surface area contributed by atoms with Gasteiger partial charge in [0.2, 0.25) is 0 Å². The van der Waals surface area contributed by atoms with Crippen LogP contribution in [0.25, 0.3) is 0 Å². The SMILES string of the molecule is CCCC(C)NC(=O)COC(=O)c1cc(Cl)ccc1[N+](=O)[O-]. The van der Waals surface area contributed by atoms with E-state index in [0.29, 0.717) is 0 Å². The molecule has 1 amide bonds. The first kappa shape index (κ1) is 17.9. The van der Waals surface area contributed by atoms with Crippen LogP contribution in [-0.4, -0.2) is 29.4 Å². The number of nitro benzene ring substituents is 1. The van der Waals surface area contributed by atoms with Crippen LogP contribution in [0.15, 0.2) is 18.2 Å². The molecule has 7 nitrogen and oxygen atoms in total. The minimum Gasteiger partial charge on any atom is -0.452 e. The molecular formula is C14H17ClN2O5. The lowest BCUT2D eigenvalue weighted by atomic mass is 10.2. The second-order valence-corrected chi connectivity index (χ2v) is 5.19. The van der Waals surface area contributed by atoms with Crippen LogP contribution >= 0.6 is 11.6 Å². The number of hydrogen-bond acceptors (Lipinski definition) is 5. The Morgan fingerprint density at radius 2 is 2.14 bits per heavy atom. The highest BCUT2D eigenvalue weighted by Crippen LogP contribution is 2.23. The first-order valence-electron chi connectivity index (χ1n) is 6.75. The number of rotatable bonds is 7. The Labute approximate surface area is 132 Å². The van der Waals surface area contributed by atoms with Crippen molar-refractivity contribution in [1.29, 1.82) is 0 Å². The van der Waals surface area contributed by atoms with Crippen LogP contribution in [0.2, 0.25) is 5.02 Å². The van der Waals surface area contributed by atoms with Crippen molar-refractivity contribution in [2.45, 2.75) is 32.7 Å². The Morgan fingerprint density at radius 1 is 1.45 bits per heavy atom. The number of nitro groups is 1. The van der Waals surface area contributed by atoms with Crippen LogP contribution in [0.5, 0.6) is 0 Å². The molecule has 1 atom stereocenters. The van der Waals surface area contributed by atoms with Crippen LogP contribution in [0.3, 0.4) is 0 Å². The Bertz CT molecular complexity index is 576. The Hall–Kier alpha value is -2.15. The monoisotopic (exact) mass is 328 g/mol. The minimum absolute atomic E-state index is 0.0308. The average Bonchev–Trinajstić information content (AvgIpc) is 2.44. The number of amides is 1. The summed E-state index contributed by atoms with van der Waals surface area (Å²) in [6, 6.07) is 3.52. The molecule has 1 N–H and O–H groups in total. The summed E-state index contributed by atoms with van der Waals surface area (Å²) in [4.78, 5) is 33.6. The number of nitrogens with zero attached hydrogens (tertiary/aromatic N) is 1. The molecule has 0 aromatic heterocycles. The summed E-state index contributed by atoms with van der Waals surface area (Å²) in [5.41, 5.74) is -0.707. The van der Waals surface area contributed by atoms with Gasteiger partial charge in [0, 0.05) is 17.1 Å². The minimum atomic E-state index is -0.965. The van der Waals surface area contributed by atoms with Gasteiger partial charge in [-0.1, -0.05) is 24.9 Å². The van der Waals surface area contributed by atoms with E-state index >= 15 is 0 Å². The average molecular weight is 329 g/mol. The summed E-state index contributed by atoms with van der Waals surface area (Å²) in [6.07, 6.45) is 1.72. The van der Waals surface area contributed by atoms with Gasteiger partial charge in [0.25, 0.3) is 11.6 Å². The van der Waals surface area contributed by atoms with E-state index in [9.17, 15) is 19.7 Å². The van der Waals surface area contributed by atoms with Crippen molar-refractivity contribution in [1.82, 2.24) is 5.32 Å². The fourth-order valence-electron chi connectivity index (χ4n) is 1.86. The topological polar surface area (TPSA) is 98.5 Å². The van der Waals surface area contributed by atoms with E-state index in [0.717, 1.165) is 25.0 Å². The zero-order valence-electron chi connectivity index (χ0n) is 12.3. The van der Waals surface area contributed by atoms with Gasteiger partial charge in [-0.15, -0.1) is 0 Å². The lowest BCUT2D eigenvalue weighted by molar-refractivity contribution is -0.385. The van der Waals surface area contributed by atoms with E-state index < -0.39 is 29.1 Å². The summed E-state index contributed by atoms with van der Waals surface area (Å²) < 4.78 is 4.80. The summed E-state index contributed by atoms with van der Waals surface area (Å²) in [7, 11) is 0. The third-order valence-electron chi connectivity index (χ3n) is 2.84. The smallest absolute Gasteiger partial charge is 0.345 e. The van der Waals surface area contributed by atoms with Crippen LogP contribution in [0.4, 0.5) is 5.69 Å². The molecule has 0 radical (unpaired) electrons. The Balaban J connectivity index is 2.68. The van der Waals surface area contributed by atoms with Crippen LogP contribution in [-0.2, 0) is 9.53 Å². The largest absolute Gasteiger partial charge is 0.452 e. The molecule has 0 aliphatic rings. The predicted molar refractivity (Wildman–Crippen MR) is 80.9 cm³/mol. The zero-order chi connectivity index (χ0) is 16.7. The fourth-order valence-corrected chi connectivity index (χ4v) is 2.03. The van der Waals surface area contributed by atoms with E-state index in [1.165, 1.54) is 6.07 Å². The number of ether oxygens (including phenoxy) is 1. The maximum absolute atomic E-state index is 11.9. The Morgan fingerprint density at radius 3 is 2.73 bits per heavy atom. The van der Waals surface area contributed by atoms with Gasteiger partial charge in [0.1, 0.15) is 5.56 Å². The van der Waals surface area contributed by atoms with Gasteiger partial charge in [0.15, 0.2) is 6.61 Å². The molecule has 0 aliphatic carbocycles. The van der Waals surface area contributed by atoms with Crippen molar-refractivity contribution in [2.75, 3.05) is 6.61 Å². The molecule has 8 heteroatoms. The summed E-state index contributed by atoms with van der Waals surface area (Å²) in [6.45, 7) is 3.32. The molecule has 0 fully saturated rings. The third-order valence-corrected chi connectivity index (χ3v) is 3.07. The number of hydrogen-bond donors (Lipinski definition) is 1. The van der Waals surface area contributed by atoms with Crippen LogP contribution < -0.4 is 5.32 Å². The summed E-state index contributed by atoms with van der Waals surface area (Å²) >= 11 is 5.72. The molecule has 1 aromatic rings. The van der Waals surface area contributed by atoms with Gasteiger partial charge in [-0.3, -0.25) is 14.9 Å². The number of nitrogens with one attached hydrogen (secondary N) is 1. The molecule has 1 unspecified atom stereocenters. The van der Waals surface area contributed by atoms with Crippen molar-refractivity contribution in [3.63, 3.8) is 0 Å². The zero-order valence-corrected chi connectivity index (χ0v) is 13.1. The number of halogens is 1. The fraction of sp³-hybridized carbons (Fsp3) is 0.429. The van der Waals surface area contributed by atoms with Crippen LogP contribution in [0, 0.1) is 10.1 Å². The molecule has 0 aliphatic heterocycles. The number of benzene rings is 1. The van der Waals surface area contributed by atoms with Gasteiger partial charge >= 0.3 is 5.97 Å². The van der Waals surface area contributed by atoms with E-state index in [1.807, 2.05) is 13.8 Å². The second-order valence-electron chi connectivity index (χ2n) is 4.75.